The number of aliphatic imine (C=N–C) groups is 1. The topological polar surface area (TPSA) is 65.1 Å². The van der Waals surface area contributed by atoms with Crippen LogP contribution in [0.5, 0.6) is 0 Å². The number of aromatic nitrogens is 2. The third-order valence-electron chi connectivity index (χ3n) is 4.06. The molecule has 0 aliphatic rings. The van der Waals surface area contributed by atoms with E-state index in [9.17, 15) is 4.39 Å². The molecule has 0 radical (unpaired) electrons. The molecule has 0 atom stereocenters. The van der Waals surface area contributed by atoms with Crippen LogP contribution in [0.4, 0.5) is 4.39 Å². The molecular weight excluding hydrogens is 341 g/mol. The van der Waals surface area contributed by atoms with Crippen molar-refractivity contribution in [1.82, 2.24) is 20.6 Å². The van der Waals surface area contributed by atoms with Crippen molar-refractivity contribution >= 4 is 5.96 Å². The quantitative estimate of drug-likeness (QED) is 0.443. The van der Waals surface area contributed by atoms with Gasteiger partial charge in [0.05, 0.1) is 11.9 Å². The molecule has 0 spiro atoms. The van der Waals surface area contributed by atoms with E-state index < -0.39 is 0 Å². The van der Waals surface area contributed by atoms with Gasteiger partial charge < -0.3 is 15.6 Å². The van der Waals surface area contributed by atoms with Crippen molar-refractivity contribution < 1.29 is 4.39 Å². The van der Waals surface area contributed by atoms with Crippen molar-refractivity contribution in [2.75, 3.05) is 13.1 Å². The maximum atomic E-state index is 13.0. The second-order valence-electron chi connectivity index (χ2n) is 6.11. The molecule has 0 saturated carbocycles. The molecule has 1 aromatic heterocycles. The summed E-state index contributed by atoms with van der Waals surface area (Å²) in [6, 6.07) is 16.6. The molecule has 140 valence electrons. The molecule has 0 saturated heterocycles. The van der Waals surface area contributed by atoms with E-state index in [-0.39, 0.29) is 5.82 Å². The molecule has 27 heavy (non-hydrogen) atoms. The maximum Gasteiger partial charge on any atom is 0.191 e. The van der Waals surface area contributed by atoms with Gasteiger partial charge in [-0.25, -0.2) is 14.4 Å². The van der Waals surface area contributed by atoms with Crippen LogP contribution in [-0.4, -0.2) is 29.0 Å². The zero-order chi connectivity index (χ0) is 18.9. The zero-order valence-electron chi connectivity index (χ0n) is 15.4. The molecule has 1 heterocycles. The summed E-state index contributed by atoms with van der Waals surface area (Å²) >= 11 is 0. The smallest absolute Gasteiger partial charge is 0.191 e. The summed E-state index contributed by atoms with van der Waals surface area (Å²) in [5.74, 6) is 1.33. The molecule has 0 unspecified atom stereocenters. The van der Waals surface area contributed by atoms with E-state index >= 15 is 0 Å². The van der Waals surface area contributed by atoms with E-state index in [0.717, 1.165) is 41.6 Å². The predicted octanol–water partition coefficient (Wildman–Crippen LogP) is 3.51. The number of imidazole rings is 1. The number of aromatic amines is 1. The average molecular weight is 365 g/mol. The highest BCUT2D eigenvalue weighted by molar-refractivity contribution is 5.79. The number of halogens is 1. The van der Waals surface area contributed by atoms with Crippen LogP contribution in [0.25, 0.3) is 11.3 Å². The summed E-state index contributed by atoms with van der Waals surface area (Å²) in [6.45, 7) is 3.97. The van der Waals surface area contributed by atoms with Crippen molar-refractivity contribution in [3.63, 3.8) is 0 Å². The van der Waals surface area contributed by atoms with Gasteiger partial charge in [-0.2, -0.15) is 0 Å². The monoisotopic (exact) mass is 365 g/mol. The second kappa shape index (κ2) is 9.52. The van der Waals surface area contributed by atoms with Gasteiger partial charge in [0.1, 0.15) is 18.2 Å². The summed E-state index contributed by atoms with van der Waals surface area (Å²) < 4.78 is 13.0. The van der Waals surface area contributed by atoms with Gasteiger partial charge in [0.15, 0.2) is 5.96 Å². The summed E-state index contributed by atoms with van der Waals surface area (Å²) in [4.78, 5) is 12.3. The molecule has 0 aliphatic carbocycles. The fourth-order valence-electron chi connectivity index (χ4n) is 2.68. The molecule has 5 nitrogen and oxygen atoms in total. The number of benzene rings is 2. The third kappa shape index (κ3) is 5.67. The standard InChI is InChI=1S/C21H24FN5/c1-2-23-21(24-13-12-16-8-10-18(22)11-9-16)26-15-20-25-14-19(27-20)17-6-4-3-5-7-17/h3-11,14H,2,12-13,15H2,1H3,(H,25,27)(H2,23,24,26). The first-order valence-electron chi connectivity index (χ1n) is 9.10. The Labute approximate surface area is 158 Å². The first-order chi connectivity index (χ1) is 13.2. The van der Waals surface area contributed by atoms with E-state index in [1.54, 1.807) is 12.1 Å². The van der Waals surface area contributed by atoms with Gasteiger partial charge in [0.2, 0.25) is 0 Å². The summed E-state index contributed by atoms with van der Waals surface area (Å²) in [6.07, 6.45) is 2.62. The normalized spacial score (nSPS) is 11.4. The highest BCUT2D eigenvalue weighted by Crippen LogP contribution is 2.16. The molecule has 0 aliphatic heterocycles. The SMILES string of the molecule is CCNC(=NCc1ncc(-c2ccccc2)[nH]1)NCCc1ccc(F)cc1. The summed E-state index contributed by atoms with van der Waals surface area (Å²) in [5.41, 5.74) is 3.16. The highest BCUT2D eigenvalue weighted by atomic mass is 19.1. The summed E-state index contributed by atoms with van der Waals surface area (Å²) in [7, 11) is 0. The maximum absolute atomic E-state index is 13.0. The fraction of sp³-hybridized carbons (Fsp3) is 0.238. The minimum atomic E-state index is -0.213. The van der Waals surface area contributed by atoms with Crippen molar-refractivity contribution in [1.29, 1.82) is 0 Å². The molecule has 3 rings (SSSR count). The number of rotatable bonds is 7. The van der Waals surface area contributed by atoms with Gasteiger partial charge in [-0.1, -0.05) is 42.5 Å². The molecule has 0 bridgehead atoms. The van der Waals surface area contributed by atoms with Gasteiger partial charge in [0, 0.05) is 13.1 Å². The summed E-state index contributed by atoms with van der Waals surface area (Å²) in [5, 5.41) is 6.52. The molecule has 3 N–H and O–H groups in total. The number of nitrogens with one attached hydrogen (secondary N) is 3. The van der Waals surface area contributed by atoms with Gasteiger partial charge in [0.25, 0.3) is 0 Å². The second-order valence-corrected chi connectivity index (χ2v) is 6.11. The van der Waals surface area contributed by atoms with Gasteiger partial charge in [-0.15, -0.1) is 0 Å². The zero-order valence-corrected chi connectivity index (χ0v) is 15.4. The Bertz CT molecular complexity index is 856. The Hall–Kier alpha value is -3.15. The van der Waals surface area contributed by atoms with Crippen LogP contribution in [0.2, 0.25) is 0 Å². The molecule has 0 fully saturated rings. The number of hydrogen-bond donors (Lipinski definition) is 3. The minimum absolute atomic E-state index is 0.213. The highest BCUT2D eigenvalue weighted by Gasteiger charge is 2.03. The number of hydrogen-bond acceptors (Lipinski definition) is 2. The Balaban J connectivity index is 1.55. The average Bonchev–Trinajstić information content (AvgIpc) is 3.17. The lowest BCUT2D eigenvalue weighted by molar-refractivity contribution is 0.626. The molecule has 6 heteroatoms. The predicted molar refractivity (Wildman–Crippen MR) is 107 cm³/mol. The van der Waals surface area contributed by atoms with Crippen molar-refractivity contribution in [3.05, 3.63) is 78.0 Å². The number of guanidine groups is 1. The molecular formula is C21H24FN5. The van der Waals surface area contributed by atoms with Crippen molar-refractivity contribution in [2.45, 2.75) is 19.9 Å². The Morgan fingerprint density at radius 1 is 1.07 bits per heavy atom. The van der Waals surface area contributed by atoms with Crippen LogP contribution >= 0.6 is 0 Å². The lowest BCUT2D eigenvalue weighted by Gasteiger charge is -2.11. The third-order valence-corrected chi connectivity index (χ3v) is 4.06. The van der Waals surface area contributed by atoms with Gasteiger partial charge >= 0.3 is 0 Å². The Kier molecular flexibility index (Phi) is 6.57. The molecule has 3 aromatic rings. The van der Waals surface area contributed by atoms with Crippen LogP contribution in [0.1, 0.15) is 18.3 Å². The first kappa shape index (κ1) is 18.6. The van der Waals surface area contributed by atoms with Crippen molar-refractivity contribution in [2.24, 2.45) is 4.99 Å². The number of nitrogens with zero attached hydrogens (tertiary/aromatic N) is 2. The van der Waals surface area contributed by atoms with E-state index in [4.69, 9.17) is 0 Å². The van der Waals surface area contributed by atoms with Gasteiger partial charge in [-0.3, -0.25) is 0 Å². The van der Waals surface area contributed by atoms with E-state index in [1.165, 1.54) is 12.1 Å². The lowest BCUT2D eigenvalue weighted by Crippen LogP contribution is -2.38. The lowest BCUT2D eigenvalue weighted by atomic mass is 10.1. The van der Waals surface area contributed by atoms with E-state index in [2.05, 4.69) is 25.6 Å². The molecule has 2 aromatic carbocycles. The largest absolute Gasteiger partial charge is 0.357 e. The minimum Gasteiger partial charge on any atom is -0.357 e. The van der Waals surface area contributed by atoms with Crippen LogP contribution < -0.4 is 10.6 Å². The van der Waals surface area contributed by atoms with Crippen molar-refractivity contribution in [3.8, 4) is 11.3 Å². The van der Waals surface area contributed by atoms with Gasteiger partial charge in [-0.05, 0) is 36.6 Å². The van der Waals surface area contributed by atoms with Crippen LogP contribution in [-0.2, 0) is 13.0 Å². The van der Waals surface area contributed by atoms with Crippen LogP contribution in [0.3, 0.4) is 0 Å². The Morgan fingerprint density at radius 2 is 1.85 bits per heavy atom. The molecule has 0 amide bonds. The first-order valence-corrected chi connectivity index (χ1v) is 9.10. The van der Waals surface area contributed by atoms with Crippen LogP contribution in [0, 0.1) is 5.82 Å². The van der Waals surface area contributed by atoms with E-state index in [0.29, 0.717) is 13.1 Å². The Morgan fingerprint density at radius 3 is 2.59 bits per heavy atom. The van der Waals surface area contributed by atoms with E-state index in [1.807, 2.05) is 43.5 Å². The number of H-pyrrole nitrogens is 1. The van der Waals surface area contributed by atoms with Crippen LogP contribution in [0.15, 0.2) is 65.8 Å². The fourth-order valence-corrected chi connectivity index (χ4v) is 2.68.